The van der Waals surface area contributed by atoms with Gasteiger partial charge in [-0.1, -0.05) is 60.7 Å². The van der Waals surface area contributed by atoms with Crippen molar-refractivity contribution in [3.63, 3.8) is 0 Å². The summed E-state index contributed by atoms with van der Waals surface area (Å²) in [7, 11) is 0. The highest BCUT2D eigenvalue weighted by Crippen LogP contribution is 2.27. The van der Waals surface area contributed by atoms with Gasteiger partial charge in [-0.3, -0.25) is 9.59 Å². The molecule has 1 aromatic heterocycles. The fourth-order valence-corrected chi connectivity index (χ4v) is 4.93. The minimum atomic E-state index is -0.316. The summed E-state index contributed by atoms with van der Waals surface area (Å²) >= 11 is 0. The van der Waals surface area contributed by atoms with E-state index in [4.69, 9.17) is 4.74 Å². The van der Waals surface area contributed by atoms with Crippen molar-refractivity contribution in [2.45, 2.75) is 44.8 Å². The molecule has 2 amide bonds. The standard InChI is InChI=1S/C31H33N3O3/c1-31(17-8-18-37-31)22-32-30(36)28-20-25-19-26(33-29(35)16-13-23-9-4-2-5-10-23)14-15-27(25)34(28)21-24-11-6-3-7-12-24/h2-7,9-12,14-15,19-20H,8,13,16-18,21-22H2,1H3,(H,32,36)(H,33,35). The first kappa shape index (κ1) is 24.8. The number of carbonyl (C=O) groups is 2. The Bertz CT molecular complexity index is 1370. The average molecular weight is 496 g/mol. The van der Waals surface area contributed by atoms with Crippen LogP contribution in [-0.4, -0.2) is 35.1 Å². The van der Waals surface area contributed by atoms with Gasteiger partial charge < -0.3 is 19.9 Å². The van der Waals surface area contributed by atoms with Gasteiger partial charge in [0.05, 0.1) is 5.60 Å². The van der Waals surface area contributed by atoms with Crippen LogP contribution in [0.1, 0.15) is 47.8 Å². The smallest absolute Gasteiger partial charge is 0.268 e. The van der Waals surface area contributed by atoms with Crippen molar-refractivity contribution in [1.82, 2.24) is 9.88 Å². The molecule has 4 aromatic rings. The van der Waals surface area contributed by atoms with E-state index in [1.54, 1.807) is 0 Å². The van der Waals surface area contributed by atoms with E-state index in [0.29, 0.717) is 31.6 Å². The third-order valence-electron chi connectivity index (χ3n) is 7.01. The third kappa shape index (κ3) is 6.09. The van der Waals surface area contributed by atoms with Gasteiger partial charge >= 0.3 is 0 Å². The molecule has 0 spiro atoms. The third-order valence-corrected chi connectivity index (χ3v) is 7.01. The summed E-state index contributed by atoms with van der Waals surface area (Å²) in [5.41, 5.74) is 4.19. The Kier molecular flexibility index (Phi) is 7.37. The molecule has 6 nitrogen and oxygen atoms in total. The normalized spacial score (nSPS) is 17.1. The lowest BCUT2D eigenvalue weighted by Crippen LogP contribution is -2.40. The van der Waals surface area contributed by atoms with Gasteiger partial charge in [-0.25, -0.2) is 0 Å². The summed E-state index contributed by atoms with van der Waals surface area (Å²) in [6.45, 7) is 3.83. The molecule has 2 heterocycles. The Labute approximate surface area is 217 Å². The zero-order valence-electron chi connectivity index (χ0n) is 21.2. The molecule has 5 rings (SSSR count). The van der Waals surface area contributed by atoms with Gasteiger partial charge in [0.15, 0.2) is 0 Å². The van der Waals surface area contributed by atoms with Crippen LogP contribution in [0.3, 0.4) is 0 Å². The number of fused-ring (bicyclic) bond motifs is 1. The van der Waals surface area contributed by atoms with Crippen molar-refractivity contribution in [3.8, 4) is 0 Å². The summed E-state index contributed by atoms with van der Waals surface area (Å²) in [6, 6.07) is 27.8. The van der Waals surface area contributed by atoms with Crippen LogP contribution in [0.5, 0.6) is 0 Å². The zero-order valence-corrected chi connectivity index (χ0v) is 21.2. The van der Waals surface area contributed by atoms with Gasteiger partial charge in [0, 0.05) is 42.7 Å². The highest BCUT2D eigenvalue weighted by Gasteiger charge is 2.30. The molecule has 1 saturated heterocycles. The Morgan fingerprint density at radius 1 is 0.946 bits per heavy atom. The lowest BCUT2D eigenvalue weighted by atomic mass is 10.0. The summed E-state index contributed by atoms with van der Waals surface area (Å²) in [4.78, 5) is 25.9. The van der Waals surface area contributed by atoms with Crippen LogP contribution in [0, 0.1) is 0 Å². The Morgan fingerprint density at radius 3 is 2.38 bits per heavy atom. The van der Waals surface area contributed by atoms with Crippen LogP contribution >= 0.6 is 0 Å². The molecule has 190 valence electrons. The maximum atomic E-state index is 13.3. The first-order valence-electron chi connectivity index (χ1n) is 12.9. The van der Waals surface area contributed by atoms with E-state index >= 15 is 0 Å². The Hall–Kier alpha value is -3.90. The van der Waals surface area contributed by atoms with Crippen molar-refractivity contribution in [3.05, 3.63) is 102 Å². The summed E-state index contributed by atoms with van der Waals surface area (Å²) < 4.78 is 7.89. The maximum absolute atomic E-state index is 13.3. The number of rotatable bonds is 9. The molecule has 37 heavy (non-hydrogen) atoms. The van der Waals surface area contributed by atoms with E-state index in [1.165, 1.54) is 0 Å². The molecular formula is C31H33N3O3. The van der Waals surface area contributed by atoms with E-state index in [9.17, 15) is 9.59 Å². The predicted molar refractivity (Wildman–Crippen MR) is 147 cm³/mol. The van der Waals surface area contributed by atoms with Crippen molar-refractivity contribution >= 4 is 28.4 Å². The van der Waals surface area contributed by atoms with Gasteiger partial charge in [-0.05, 0) is 61.6 Å². The zero-order chi connectivity index (χ0) is 25.7. The van der Waals surface area contributed by atoms with Crippen molar-refractivity contribution in [1.29, 1.82) is 0 Å². The second-order valence-electron chi connectivity index (χ2n) is 9.99. The van der Waals surface area contributed by atoms with Crippen LogP contribution in [0.4, 0.5) is 5.69 Å². The lowest BCUT2D eigenvalue weighted by molar-refractivity contribution is -0.116. The number of aromatic nitrogens is 1. The number of hydrogen-bond donors (Lipinski definition) is 2. The largest absolute Gasteiger partial charge is 0.373 e. The highest BCUT2D eigenvalue weighted by atomic mass is 16.5. The van der Waals surface area contributed by atoms with Crippen LogP contribution in [0.2, 0.25) is 0 Å². The molecule has 1 fully saturated rings. The molecule has 0 aliphatic carbocycles. The molecule has 1 atom stereocenters. The second kappa shape index (κ2) is 11.0. The van der Waals surface area contributed by atoms with E-state index in [1.807, 2.05) is 84.3 Å². The molecule has 2 N–H and O–H groups in total. The molecule has 0 bridgehead atoms. The fraction of sp³-hybridized carbons (Fsp3) is 0.290. The summed E-state index contributed by atoms with van der Waals surface area (Å²) in [5.74, 6) is -0.160. The number of amides is 2. The number of anilines is 1. The van der Waals surface area contributed by atoms with E-state index < -0.39 is 0 Å². The number of nitrogens with one attached hydrogen (secondary N) is 2. The predicted octanol–water partition coefficient (Wildman–Crippen LogP) is 5.56. The van der Waals surface area contributed by atoms with E-state index in [0.717, 1.165) is 47.2 Å². The van der Waals surface area contributed by atoms with Crippen molar-refractivity contribution < 1.29 is 14.3 Å². The van der Waals surface area contributed by atoms with Crippen LogP contribution in [0.15, 0.2) is 84.9 Å². The number of benzene rings is 3. The number of ether oxygens (including phenoxy) is 1. The number of carbonyl (C=O) groups excluding carboxylic acids is 2. The molecule has 1 aliphatic rings. The maximum Gasteiger partial charge on any atom is 0.268 e. The van der Waals surface area contributed by atoms with E-state index in [-0.39, 0.29) is 17.4 Å². The molecule has 1 aliphatic heterocycles. The topological polar surface area (TPSA) is 72.4 Å². The lowest BCUT2D eigenvalue weighted by Gasteiger charge is -2.23. The quantitative estimate of drug-likeness (QED) is 0.319. The molecular weight excluding hydrogens is 462 g/mol. The Morgan fingerprint density at radius 2 is 1.68 bits per heavy atom. The van der Waals surface area contributed by atoms with Crippen molar-refractivity contribution in [2.24, 2.45) is 0 Å². The molecule has 6 heteroatoms. The highest BCUT2D eigenvalue weighted by molar-refractivity contribution is 6.00. The number of hydrogen-bond acceptors (Lipinski definition) is 3. The minimum Gasteiger partial charge on any atom is -0.373 e. The van der Waals surface area contributed by atoms with E-state index in [2.05, 4.69) is 22.8 Å². The van der Waals surface area contributed by atoms with Gasteiger partial charge in [-0.2, -0.15) is 0 Å². The SMILES string of the molecule is CC1(CNC(=O)c2cc3cc(NC(=O)CCc4ccccc4)ccc3n2Cc2ccccc2)CCCO1. The molecule has 1 unspecified atom stereocenters. The first-order valence-corrected chi connectivity index (χ1v) is 12.9. The average Bonchev–Trinajstić information content (AvgIpc) is 3.51. The number of nitrogens with zero attached hydrogens (tertiary/aromatic N) is 1. The van der Waals surface area contributed by atoms with Crippen LogP contribution < -0.4 is 10.6 Å². The molecule has 0 saturated carbocycles. The van der Waals surface area contributed by atoms with Crippen LogP contribution in [-0.2, 0) is 22.5 Å². The molecule has 0 radical (unpaired) electrons. The van der Waals surface area contributed by atoms with Gasteiger partial charge in [-0.15, -0.1) is 0 Å². The fourth-order valence-electron chi connectivity index (χ4n) is 4.93. The Balaban J connectivity index is 1.36. The monoisotopic (exact) mass is 495 g/mol. The minimum absolute atomic E-state index is 0.0327. The second-order valence-corrected chi connectivity index (χ2v) is 9.99. The van der Waals surface area contributed by atoms with Crippen molar-refractivity contribution in [2.75, 3.05) is 18.5 Å². The first-order chi connectivity index (χ1) is 18.0. The van der Waals surface area contributed by atoms with Gasteiger partial charge in [0.1, 0.15) is 5.69 Å². The summed E-state index contributed by atoms with van der Waals surface area (Å²) in [5, 5.41) is 7.01. The van der Waals surface area contributed by atoms with Gasteiger partial charge in [0.2, 0.25) is 5.91 Å². The number of aryl methyl sites for hydroxylation is 1. The molecule has 3 aromatic carbocycles. The van der Waals surface area contributed by atoms with Gasteiger partial charge in [0.25, 0.3) is 5.91 Å². The van der Waals surface area contributed by atoms with Crippen LogP contribution in [0.25, 0.3) is 10.9 Å². The summed E-state index contributed by atoms with van der Waals surface area (Å²) in [6.07, 6.45) is 3.05.